The summed E-state index contributed by atoms with van der Waals surface area (Å²) < 4.78 is 5.32. The van der Waals surface area contributed by atoms with E-state index in [-0.39, 0.29) is 11.8 Å². The normalized spacial score (nSPS) is 19.2. The molecule has 1 aromatic carbocycles. The van der Waals surface area contributed by atoms with Gasteiger partial charge in [-0.25, -0.2) is 0 Å². The number of likely N-dealkylation sites (tertiary alicyclic amines) is 1. The highest BCUT2D eigenvalue weighted by Gasteiger charge is 2.36. The van der Waals surface area contributed by atoms with Crippen LogP contribution in [0.1, 0.15) is 37.1 Å². The fraction of sp³-hybridized carbons (Fsp3) is 0.444. The van der Waals surface area contributed by atoms with E-state index < -0.39 is 18.0 Å². The van der Waals surface area contributed by atoms with E-state index in [1.54, 1.807) is 6.92 Å². The summed E-state index contributed by atoms with van der Waals surface area (Å²) in [5, 5.41) is 13.7. The van der Waals surface area contributed by atoms with Crippen LogP contribution in [0.5, 0.6) is 0 Å². The highest BCUT2D eigenvalue weighted by Crippen LogP contribution is 2.29. The molecule has 7 nitrogen and oxygen atoms in total. The summed E-state index contributed by atoms with van der Waals surface area (Å²) in [6.07, 6.45) is 1.49. The summed E-state index contributed by atoms with van der Waals surface area (Å²) in [6.45, 7) is 4.25. The van der Waals surface area contributed by atoms with Gasteiger partial charge in [0.1, 0.15) is 6.04 Å². The fourth-order valence-corrected chi connectivity index (χ4v) is 3.37. The lowest BCUT2D eigenvalue weighted by Gasteiger charge is -2.25. The average Bonchev–Trinajstić information content (AvgIpc) is 3.29. The summed E-state index contributed by atoms with van der Waals surface area (Å²) in [6, 6.07) is 6.43. The number of halogens is 1. The van der Waals surface area contributed by atoms with Crippen molar-refractivity contribution in [1.82, 2.24) is 15.0 Å². The zero-order valence-corrected chi connectivity index (χ0v) is 15.4. The second-order valence-corrected chi connectivity index (χ2v) is 6.98. The van der Waals surface area contributed by atoms with Gasteiger partial charge in [-0.1, -0.05) is 29.7 Å². The van der Waals surface area contributed by atoms with Crippen molar-refractivity contribution in [2.45, 2.75) is 44.7 Å². The van der Waals surface area contributed by atoms with Crippen molar-refractivity contribution in [1.29, 1.82) is 5.26 Å². The zero-order valence-electron chi connectivity index (χ0n) is 14.6. The Kier molecular flexibility index (Phi) is 5.25. The maximum absolute atomic E-state index is 12.6. The first-order chi connectivity index (χ1) is 12.4. The molecule has 1 aliphatic heterocycles. The van der Waals surface area contributed by atoms with Crippen molar-refractivity contribution in [3.05, 3.63) is 34.7 Å². The van der Waals surface area contributed by atoms with Gasteiger partial charge >= 0.3 is 0 Å². The number of rotatable bonds is 4. The maximum Gasteiger partial charge on any atom is 0.241 e. The number of aryl methyl sites for hydroxylation is 1. The first-order valence-corrected chi connectivity index (χ1v) is 8.86. The lowest BCUT2D eigenvalue weighted by atomic mass is 10.0. The largest absolute Gasteiger partial charge is 0.339 e. The predicted molar refractivity (Wildman–Crippen MR) is 96.2 cm³/mol. The number of carbonyl (C=O) groups excluding carboxylic acids is 1. The van der Waals surface area contributed by atoms with Gasteiger partial charge < -0.3 is 15.2 Å². The third-order valence-electron chi connectivity index (χ3n) is 4.71. The van der Waals surface area contributed by atoms with Crippen LogP contribution in [-0.4, -0.2) is 39.6 Å². The van der Waals surface area contributed by atoms with Crippen molar-refractivity contribution in [2.24, 2.45) is 5.73 Å². The van der Waals surface area contributed by atoms with E-state index in [0.29, 0.717) is 29.4 Å². The Balaban J connectivity index is 1.78. The van der Waals surface area contributed by atoms with Gasteiger partial charge in [-0.3, -0.25) is 4.79 Å². The van der Waals surface area contributed by atoms with E-state index in [4.69, 9.17) is 27.1 Å². The number of hydrogen-bond donors (Lipinski definition) is 1. The topological polar surface area (TPSA) is 109 Å². The van der Waals surface area contributed by atoms with Crippen LogP contribution in [0, 0.1) is 18.3 Å². The van der Waals surface area contributed by atoms with E-state index in [9.17, 15) is 4.79 Å². The number of carbonyl (C=O) groups is 1. The fourth-order valence-electron chi connectivity index (χ4n) is 3.05. The average molecular weight is 374 g/mol. The first-order valence-electron chi connectivity index (χ1n) is 8.48. The van der Waals surface area contributed by atoms with E-state index in [1.165, 1.54) is 4.90 Å². The van der Waals surface area contributed by atoms with Crippen LogP contribution in [0.4, 0.5) is 0 Å². The monoisotopic (exact) mass is 373 g/mol. The van der Waals surface area contributed by atoms with Gasteiger partial charge in [0.15, 0.2) is 0 Å². The van der Waals surface area contributed by atoms with Gasteiger partial charge in [-0.2, -0.15) is 10.2 Å². The lowest BCUT2D eigenvalue weighted by Crippen LogP contribution is -2.48. The molecule has 0 aliphatic carbocycles. The van der Waals surface area contributed by atoms with Crippen LogP contribution < -0.4 is 5.73 Å². The van der Waals surface area contributed by atoms with Gasteiger partial charge in [0.2, 0.25) is 17.6 Å². The molecule has 0 radical (unpaired) electrons. The Bertz CT molecular complexity index is 860. The Morgan fingerprint density at radius 1 is 1.54 bits per heavy atom. The predicted octanol–water partition coefficient (Wildman–Crippen LogP) is 2.64. The molecule has 1 saturated heterocycles. The van der Waals surface area contributed by atoms with Crippen LogP contribution in [0.2, 0.25) is 5.02 Å². The molecule has 1 fully saturated rings. The number of hydrogen-bond acceptors (Lipinski definition) is 6. The number of benzene rings is 1. The van der Waals surface area contributed by atoms with Crippen molar-refractivity contribution in [2.75, 3.05) is 6.54 Å². The minimum absolute atomic E-state index is 0.269. The van der Waals surface area contributed by atoms with Gasteiger partial charge in [0, 0.05) is 12.1 Å². The molecule has 136 valence electrons. The van der Waals surface area contributed by atoms with Gasteiger partial charge in [0.25, 0.3) is 0 Å². The Labute approximate surface area is 156 Å². The molecule has 3 rings (SSSR count). The van der Waals surface area contributed by atoms with Gasteiger partial charge in [-0.05, 0) is 37.5 Å². The highest BCUT2D eigenvalue weighted by molar-refractivity contribution is 6.33. The quantitative estimate of drug-likeness (QED) is 0.882. The summed E-state index contributed by atoms with van der Waals surface area (Å²) in [7, 11) is 0. The second-order valence-electron chi connectivity index (χ2n) is 6.57. The SMILES string of the molecule is Cc1ccc(-c2noc([C@@H](C)[C@H](N)C(=O)N3CCC[C@H]3C#N)n2)c(Cl)c1. The third kappa shape index (κ3) is 3.43. The molecule has 0 unspecified atom stereocenters. The minimum Gasteiger partial charge on any atom is -0.339 e. The summed E-state index contributed by atoms with van der Waals surface area (Å²) in [4.78, 5) is 18.5. The van der Waals surface area contributed by atoms with Crippen LogP contribution in [0.25, 0.3) is 11.4 Å². The molecule has 1 aliphatic rings. The number of nitriles is 1. The molecule has 1 aromatic heterocycles. The lowest BCUT2D eigenvalue weighted by molar-refractivity contribution is -0.133. The molecule has 0 saturated carbocycles. The zero-order chi connectivity index (χ0) is 18.8. The molecule has 3 atom stereocenters. The van der Waals surface area contributed by atoms with E-state index >= 15 is 0 Å². The number of nitrogens with two attached hydrogens (primary N) is 1. The summed E-state index contributed by atoms with van der Waals surface area (Å²) >= 11 is 6.25. The third-order valence-corrected chi connectivity index (χ3v) is 5.02. The molecule has 2 N–H and O–H groups in total. The molecule has 0 bridgehead atoms. The van der Waals surface area contributed by atoms with Crippen LogP contribution in [0.15, 0.2) is 22.7 Å². The molecule has 8 heteroatoms. The number of amides is 1. The Morgan fingerprint density at radius 3 is 3.00 bits per heavy atom. The molecule has 2 heterocycles. The van der Waals surface area contributed by atoms with Crippen molar-refractivity contribution >= 4 is 17.5 Å². The van der Waals surface area contributed by atoms with E-state index in [2.05, 4.69) is 16.2 Å². The van der Waals surface area contributed by atoms with Crippen LogP contribution >= 0.6 is 11.6 Å². The molecule has 1 amide bonds. The van der Waals surface area contributed by atoms with Crippen molar-refractivity contribution in [3.8, 4) is 17.5 Å². The van der Waals surface area contributed by atoms with Crippen LogP contribution in [-0.2, 0) is 4.79 Å². The smallest absolute Gasteiger partial charge is 0.241 e. The summed E-state index contributed by atoms with van der Waals surface area (Å²) in [5.74, 6) is -0.125. The van der Waals surface area contributed by atoms with E-state index in [0.717, 1.165) is 12.0 Å². The number of nitrogens with zero attached hydrogens (tertiary/aromatic N) is 4. The maximum atomic E-state index is 12.6. The van der Waals surface area contributed by atoms with Crippen molar-refractivity contribution in [3.63, 3.8) is 0 Å². The van der Waals surface area contributed by atoms with Gasteiger partial charge in [0.05, 0.1) is 23.1 Å². The number of aromatic nitrogens is 2. The Morgan fingerprint density at radius 2 is 2.31 bits per heavy atom. The highest BCUT2D eigenvalue weighted by atomic mass is 35.5. The molecule has 26 heavy (non-hydrogen) atoms. The van der Waals surface area contributed by atoms with Crippen LogP contribution in [0.3, 0.4) is 0 Å². The second kappa shape index (κ2) is 7.44. The molecular formula is C18H20ClN5O2. The van der Waals surface area contributed by atoms with Crippen molar-refractivity contribution < 1.29 is 9.32 Å². The minimum atomic E-state index is -0.856. The standard InChI is InChI=1S/C18H20ClN5O2/c1-10-5-6-13(14(19)8-10)16-22-17(26-23-16)11(2)15(21)18(25)24-7-3-4-12(24)9-20/h5-6,8,11-12,15H,3-4,7,21H2,1-2H3/t11-,12-,15-/m0/s1. The Hall–Kier alpha value is -2.43. The molecule has 0 spiro atoms. The van der Waals surface area contributed by atoms with Gasteiger partial charge in [-0.15, -0.1) is 0 Å². The first kappa shape index (κ1) is 18.4. The van der Waals surface area contributed by atoms with E-state index in [1.807, 2.05) is 25.1 Å². The molecular weight excluding hydrogens is 354 g/mol. The summed E-state index contributed by atoms with van der Waals surface area (Å²) in [5.41, 5.74) is 7.82. The molecule has 2 aromatic rings.